The fourth-order valence-electron chi connectivity index (χ4n) is 1.74. The maximum absolute atomic E-state index is 11.9. The van der Waals surface area contributed by atoms with Crippen LogP contribution in [0.5, 0.6) is 5.75 Å². The number of carbonyl (C=O) groups is 1. The van der Waals surface area contributed by atoms with Crippen molar-refractivity contribution in [3.8, 4) is 5.75 Å². The number of amides is 1. The van der Waals surface area contributed by atoms with E-state index in [0.717, 1.165) is 29.8 Å². The Balaban J connectivity index is 2.00. The van der Waals surface area contributed by atoms with Gasteiger partial charge in [-0.25, -0.2) is 0 Å². The van der Waals surface area contributed by atoms with Gasteiger partial charge in [0.25, 0.3) is 0 Å². The topological polar surface area (TPSA) is 50.4 Å². The summed E-state index contributed by atoms with van der Waals surface area (Å²) in [6.07, 6.45) is 2.22. The molecule has 98 valence electrons. The van der Waals surface area contributed by atoms with Crippen molar-refractivity contribution in [1.29, 1.82) is 0 Å². The molecule has 1 aromatic carbocycles. The highest BCUT2D eigenvalue weighted by atomic mass is 16.5. The minimum absolute atomic E-state index is 0.0553. The predicted molar refractivity (Wildman–Crippen MR) is 72.0 cm³/mol. The summed E-state index contributed by atoms with van der Waals surface area (Å²) in [6, 6.07) is 5.96. The van der Waals surface area contributed by atoms with Crippen LogP contribution in [-0.2, 0) is 4.79 Å². The SMILES string of the molecule is COc1ccc(C)c(NC(C)C(=O)NC2CC2)c1. The van der Waals surface area contributed by atoms with Crippen LogP contribution in [0.1, 0.15) is 25.3 Å². The highest BCUT2D eigenvalue weighted by molar-refractivity contribution is 5.85. The van der Waals surface area contributed by atoms with Crippen LogP contribution in [0.4, 0.5) is 5.69 Å². The molecule has 0 aromatic heterocycles. The molecule has 18 heavy (non-hydrogen) atoms. The molecule has 1 unspecified atom stereocenters. The molecule has 1 aliphatic carbocycles. The molecule has 4 heteroatoms. The van der Waals surface area contributed by atoms with E-state index in [1.54, 1.807) is 7.11 Å². The Kier molecular flexibility index (Phi) is 3.75. The highest BCUT2D eigenvalue weighted by Gasteiger charge is 2.25. The zero-order valence-electron chi connectivity index (χ0n) is 11.1. The van der Waals surface area contributed by atoms with E-state index in [4.69, 9.17) is 4.74 Å². The van der Waals surface area contributed by atoms with Crippen LogP contribution >= 0.6 is 0 Å². The van der Waals surface area contributed by atoms with E-state index in [0.29, 0.717) is 6.04 Å². The van der Waals surface area contributed by atoms with E-state index < -0.39 is 0 Å². The van der Waals surface area contributed by atoms with Crippen LogP contribution in [0.2, 0.25) is 0 Å². The average Bonchev–Trinajstić information content (AvgIpc) is 3.15. The molecule has 0 heterocycles. The Morgan fingerprint density at radius 3 is 2.78 bits per heavy atom. The first kappa shape index (κ1) is 12.7. The second-order valence-corrected chi connectivity index (χ2v) is 4.83. The van der Waals surface area contributed by atoms with E-state index in [9.17, 15) is 4.79 Å². The molecule has 1 amide bonds. The number of hydrogen-bond acceptors (Lipinski definition) is 3. The number of rotatable bonds is 5. The number of hydrogen-bond donors (Lipinski definition) is 2. The third kappa shape index (κ3) is 3.15. The summed E-state index contributed by atoms with van der Waals surface area (Å²) in [5.74, 6) is 0.845. The smallest absolute Gasteiger partial charge is 0.242 e. The first-order valence-corrected chi connectivity index (χ1v) is 6.31. The lowest BCUT2D eigenvalue weighted by Gasteiger charge is -2.17. The molecule has 0 radical (unpaired) electrons. The van der Waals surface area contributed by atoms with Gasteiger partial charge < -0.3 is 15.4 Å². The molecule has 1 aromatic rings. The molecule has 0 saturated heterocycles. The Morgan fingerprint density at radius 2 is 2.17 bits per heavy atom. The van der Waals surface area contributed by atoms with Crippen LogP contribution in [0.25, 0.3) is 0 Å². The molecule has 4 nitrogen and oxygen atoms in total. The third-order valence-electron chi connectivity index (χ3n) is 3.13. The molecule has 0 bridgehead atoms. The van der Waals surface area contributed by atoms with Crippen molar-refractivity contribution in [2.75, 3.05) is 12.4 Å². The Hall–Kier alpha value is -1.71. The molecule has 1 atom stereocenters. The van der Waals surface area contributed by atoms with Crippen LogP contribution < -0.4 is 15.4 Å². The van der Waals surface area contributed by atoms with Gasteiger partial charge in [-0.05, 0) is 38.3 Å². The summed E-state index contributed by atoms with van der Waals surface area (Å²) in [5, 5.41) is 6.21. The monoisotopic (exact) mass is 248 g/mol. The second kappa shape index (κ2) is 5.29. The molecule has 2 N–H and O–H groups in total. The summed E-state index contributed by atoms with van der Waals surface area (Å²) in [7, 11) is 1.64. The van der Waals surface area contributed by atoms with Crippen molar-refractivity contribution >= 4 is 11.6 Å². The van der Waals surface area contributed by atoms with Crippen molar-refractivity contribution in [2.45, 2.75) is 38.8 Å². The molecule has 0 spiro atoms. The van der Waals surface area contributed by atoms with Crippen molar-refractivity contribution < 1.29 is 9.53 Å². The van der Waals surface area contributed by atoms with E-state index in [-0.39, 0.29) is 11.9 Å². The van der Waals surface area contributed by atoms with Crippen LogP contribution in [0.3, 0.4) is 0 Å². The first-order valence-electron chi connectivity index (χ1n) is 6.31. The average molecular weight is 248 g/mol. The molecular formula is C14H20N2O2. The Labute approximate surface area is 108 Å². The minimum atomic E-state index is -0.239. The Bertz CT molecular complexity index is 441. The van der Waals surface area contributed by atoms with Crippen LogP contribution in [0.15, 0.2) is 18.2 Å². The zero-order chi connectivity index (χ0) is 13.1. The molecule has 2 rings (SSSR count). The largest absolute Gasteiger partial charge is 0.497 e. The first-order chi connectivity index (χ1) is 8.60. The second-order valence-electron chi connectivity index (χ2n) is 4.83. The quantitative estimate of drug-likeness (QED) is 0.839. The van der Waals surface area contributed by atoms with Crippen LogP contribution in [-0.4, -0.2) is 25.1 Å². The van der Waals surface area contributed by atoms with Gasteiger partial charge in [0.05, 0.1) is 7.11 Å². The minimum Gasteiger partial charge on any atom is -0.497 e. The van der Waals surface area contributed by atoms with Crippen molar-refractivity contribution in [3.05, 3.63) is 23.8 Å². The van der Waals surface area contributed by atoms with Crippen molar-refractivity contribution in [2.24, 2.45) is 0 Å². The number of methoxy groups -OCH3 is 1. The molecule has 0 aliphatic heterocycles. The maximum Gasteiger partial charge on any atom is 0.242 e. The fourth-order valence-corrected chi connectivity index (χ4v) is 1.74. The van der Waals surface area contributed by atoms with Gasteiger partial charge in [-0.15, -0.1) is 0 Å². The number of benzene rings is 1. The number of ether oxygens (including phenoxy) is 1. The van der Waals surface area contributed by atoms with Crippen molar-refractivity contribution in [1.82, 2.24) is 5.32 Å². The lowest BCUT2D eigenvalue weighted by molar-refractivity contribution is -0.121. The summed E-state index contributed by atoms with van der Waals surface area (Å²) in [6.45, 7) is 3.88. The van der Waals surface area contributed by atoms with Gasteiger partial charge in [0, 0.05) is 17.8 Å². The van der Waals surface area contributed by atoms with Gasteiger partial charge in [-0.2, -0.15) is 0 Å². The van der Waals surface area contributed by atoms with Gasteiger partial charge in [0.15, 0.2) is 0 Å². The van der Waals surface area contributed by atoms with Gasteiger partial charge in [0.1, 0.15) is 11.8 Å². The fraction of sp³-hybridized carbons (Fsp3) is 0.500. The zero-order valence-corrected chi connectivity index (χ0v) is 11.1. The molecular weight excluding hydrogens is 228 g/mol. The molecule has 1 saturated carbocycles. The van der Waals surface area contributed by atoms with Gasteiger partial charge in [-0.1, -0.05) is 6.07 Å². The number of aryl methyl sites for hydroxylation is 1. The van der Waals surface area contributed by atoms with E-state index >= 15 is 0 Å². The van der Waals surface area contributed by atoms with E-state index in [1.807, 2.05) is 32.0 Å². The molecule has 1 fully saturated rings. The number of anilines is 1. The van der Waals surface area contributed by atoms with Crippen molar-refractivity contribution in [3.63, 3.8) is 0 Å². The standard InChI is InChI=1S/C14H20N2O2/c1-9-4-7-12(18-3)8-13(9)15-10(2)14(17)16-11-5-6-11/h4,7-8,10-11,15H,5-6H2,1-3H3,(H,16,17). The third-order valence-corrected chi connectivity index (χ3v) is 3.13. The van der Waals surface area contributed by atoms with E-state index in [2.05, 4.69) is 10.6 Å². The summed E-state index contributed by atoms with van der Waals surface area (Å²) in [5.41, 5.74) is 2.04. The highest BCUT2D eigenvalue weighted by Crippen LogP contribution is 2.23. The molecule has 1 aliphatic rings. The van der Waals surface area contributed by atoms with Gasteiger partial charge in [0.2, 0.25) is 5.91 Å². The lowest BCUT2D eigenvalue weighted by atomic mass is 10.1. The Morgan fingerprint density at radius 1 is 1.44 bits per heavy atom. The summed E-state index contributed by atoms with van der Waals surface area (Å²) >= 11 is 0. The maximum atomic E-state index is 11.9. The van der Waals surface area contributed by atoms with Gasteiger partial charge >= 0.3 is 0 Å². The van der Waals surface area contributed by atoms with Crippen LogP contribution in [0, 0.1) is 6.92 Å². The normalized spacial score (nSPS) is 15.9. The number of nitrogens with one attached hydrogen (secondary N) is 2. The predicted octanol–water partition coefficient (Wildman–Crippen LogP) is 2.08. The van der Waals surface area contributed by atoms with Gasteiger partial charge in [-0.3, -0.25) is 4.79 Å². The summed E-state index contributed by atoms with van der Waals surface area (Å²) < 4.78 is 5.19. The summed E-state index contributed by atoms with van der Waals surface area (Å²) in [4.78, 5) is 11.9. The lowest BCUT2D eigenvalue weighted by Crippen LogP contribution is -2.38. The number of carbonyl (C=O) groups excluding carboxylic acids is 1. The van der Waals surface area contributed by atoms with E-state index in [1.165, 1.54) is 0 Å².